The number of hydrogen-bond acceptors (Lipinski definition) is 4. The fourth-order valence-corrected chi connectivity index (χ4v) is 4.32. The summed E-state index contributed by atoms with van der Waals surface area (Å²) in [4.78, 5) is 27.9. The summed E-state index contributed by atoms with van der Waals surface area (Å²) in [5.41, 5.74) is 0.589. The zero-order valence-corrected chi connectivity index (χ0v) is 18.6. The van der Waals surface area contributed by atoms with Gasteiger partial charge in [-0.25, -0.2) is 4.79 Å². The molecular formula is C21H26ClF3N2O4. The summed E-state index contributed by atoms with van der Waals surface area (Å²) < 4.78 is 50.6. The molecule has 0 radical (unpaired) electrons. The van der Waals surface area contributed by atoms with Crippen molar-refractivity contribution in [2.24, 2.45) is 5.92 Å². The zero-order chi connectivity index (χ0) is 23.1. The van der Waals surface area contributed by atoms with Crippen LogP contribution in [0.15, 0.2) is 12.1 Å². The van der Waals surface area contributed by atoms with E-state index in [0.717, 1.165) is 10.5 Å². The Kier molecular flexibility index (Phi) is 6.37. The highest BCUT2D eigenvalue weighted by Crippen LogP contribution is 2.42. The van der Waals surface area contributed by atoms with Crippen LogP contribution in [0, 0.1) is 5.92 Å². The quantitative estimate of drug-likeness (QED) is 0.659. The van der Waals surface area contributed by atoms with Gasteiger partial charge in [0.25, 0.3) is 0 Å². The maximum absolute atomic E-state index is 13.2. The van der Waals surface area contributed by atoms with Gasteiger partial charge in [0.2, 0.25) is 5.91 Å². The third-order valence-corrected chi connectivity index (χ3v) is 5.84. The van der Waals surface area contributed by atoms with Gasteiger partial charge < -0.3 is 14.4 Å². The van der Waals surface area contributed by atoms with Crippen LogP contribution >= 0.6 is 11.6 Å². The summed E-state index contributed by atoms with van der Waals surface area (Å²) in [5, 5.41) is 0.477. The number of nitrogens with zero attached hydrogens (tertiary/aromatic N) is 2. The van der Waals surface area contributed by atoms with E-state index in [-0.39, 0.29) is 13.1 Å². The summed E-state index contributed by atoms with van der Waals surface area (Å²) in [7, 11) is 1.47. The number of methoxy groups -OCH3 is 1. The largest absolute Gasteiger partial charge is 0.496 e. The van der Waals surface area contributed by atoms with Crippen LogP contribution in [0.25, 0.3) is 0 Å². The van der Waals surface area contributed by atoms with Crippen LogP contribution in [0.1, 0.15) is 44.4 Å². The van der Waals surface area contributed by atoms with Gasteiger partial charge in [0.15, 0.2) is 0 Å². The lowest BCUT2D eigenvalue weighted by Gasteiger charge is -2.40. The van der Waals surface area contributed by atoms with Crippen LogP contribution < -0.4 is 4.74 Å². The van der Waals surface area contributed by atoms with Crippen molar-refractivity contribution in [3.63, 3.8) is 0 Å². The Labute approximate surface area is 184 Å². The number of ether oxygens (including phenoxy) is 2. The number of rotatable bonds is 3. The Morgan fingerprint density at radius 2 is 1.94 bits per heavy atom. The Morgan fingerprint density at radius 1 is 1.26 bits per heavy atom. The van der Waals surface area contributed by atoms with Gasteiger partial charge in [-0.05, 0) is 44.9 Å². The predicted octanol–water partition coefficient (Wildman–Crippen LogP) is 4.59. The first kappa shape index (κ1) is 23.5. The first-order chi connectivity index (χ1) is 14.3. The van der Waals surface area contributed by atoms with E-state index in [0.29, 0.717) is 22.8 Å². The smallest absolute Gasteiger partial charge is 0.410 e. The van der Waals surface area contributed by atoms with Crippen molar-refractivity contribution in [3.05, 3.63) is 28.3 Å². The first-order valence-corrected chi connectivity index (χ1v) is 10.4. The number of carbonyl (C=O) groups excluding carboxylic acids is 2. The first-order valence-electron chi connectivity index (χ1n) is 10.0. The summed E-state index contributed by atoms with van der Waals surface area (Å²) in [6, 6.07) is 2.58. The summed E-state index contributed by atoms with van der Waals surface area (Å²) >= 11 is 6.38. The molecule has 3 rings (SSSR count). The molecule has 2 heterocycles. The maximum Gasteiger partial charge on any atom is 0.410 e. The molecule has 1 saturated heterocycles. The summed E-state index contributed by atoms with van der Waals surface area (Å²) in [6.45, 7) is 4.89. The molecule has 0 bridgehead atoms. The molecule has 0 saturated carbocycles. The number of benzene rings is 1. The van der Waals surface area contributed by atoms with Crippen LogP contribution in [0.4, 0.5) is 18.0 Å². The van der Waals surface area contributed by atoms with Gasteiger partial charge in [0.1, 0.15) is 11.4 Å². The third-order valence-electron chi connectivity index (χ3n) is 5.49. The van der Waals surface area contributed by atoms with Crippen LogP contribution in [-0.2, 0) is 16.0 Å². The highest BCUT2D eigenvalue weighted by atomic mass is 35.5. The molecule has 172 valence electrons. The number of alkyl halides is 3. The number of amides is 2. The molecule has 0 aliphatic carbocycles. The zero-order valence-electron chi connectivity index (χ0n) is 17.9. The fourth-order valence-electron chi connectivity index (χ4n) is 4.06. The highest BCUT2D eigenvalue weighted by molar-refractivity contribution is 6.31. The van der Waals surface area contributed by atoms with Crippen molar-refractivity contribution in [2.45, 2.75) is 51.4 Å². The van der Waals surface area contributed by atoms with Crippen LogP contribution in [0.3, 0.4) is 0 Å². The van der Waals surface area contributed by atoms with E-state index < -0.39 is 48.7 Å². The summed E-state index contributed by atoms with van der Waals surface area (Å²) in [6.07, 6.45) is -5.23. The Morgan fingerprint density at radius 3 is 2.48 bits per heavy atom. The van der Waals surface area contributed by atoms with E-state index in [1.165, 1.54) is 12.0 Å². The number of hydrogen-bond donors (Lipinski definition) is 0. The number of carbonyl (C=O) groups is 2. The van der Waals surface area contributed by atoms with E-state index in [2.05, 4.69) is 0 Å². The monoisotopic (exact) mass is 462 g/mol. The van der Waals surface area contributed by atoms with E-state index >= 15 is 0 Å². The standard InChI is InChI=1S/C21H26ClF3N2O4/c1-20(2,3)31-19(29)27-8-7-13-14(22)5-6-16(30-4)18(13)15(27)11-26-10-12(9-17(26)28)21(23,24)25/h5-6,12,15H,7-11H2,1-4H3. The normalized spacial score (nSPS) is 21.9. The molecule has 1 aromatic carbocycles. The second-order valence-corrected chi connectivity index (χ2v) is 9.23. The molecule has 31 heavy (non-hydrogen) atoms. The topological polar surface area (TPSA) is 59.1 Å². The summed E-state index contributed by atoms with van der Waals surface area (Å²) in [5.74, 6) is -1.87. The molecule has 0 N–H and O–H groups in total. The lowest BCUT2D eigenvalue weighted by atomic mass is 9.91. The maximum atomic E-state index is 13.2. The van der Waals surface area contributed by atoms with Crippen molar-refractivity contribution < 1.29 is 32.2 Å². The van der Waals surface area contributed by atoms with Crippen molar-refractivity contribution in [1.82, 2.24) is 9.80 Å². The molecular weight excluding hydrogens is 437 g/mol. The second kappa shape index (κ2) is 8.41. The molecule has 2 unspecified atom stereocenters. The van der Waals surface area contributed by atoms with Gasteiger partial charge in [-0.15, -0.1) is 0 Å². The fraction of sp³-hybridized carbons (Fsp3) is 0.619. The van der Waals surface area contributed by atoms with Crippen LogP contribution in [0.2, 0.25) is 5.02 Å². The van der Waals surface area contributed by atoms with E-state index in [1.807, 2.05) is 0 Å². The molecule has 0 aromatic heterocycles. The van der Waals surface area contributed by atoms with Crippen molar-refractivity contribution >= 4 is 23.6 Å². The SMILES string of the molecule is COc1ccc(Cl)c2c1C(CN1CC(C(F)(F)F)CC1=O)N(C(=O)OC(C)(C)C)CC2. The second-order valence-electron chi connectivity index (χ2n) is 8.82. The van der Waals surface area contributed by atoms with Crippen molar-refractivity contribution in [2.75, 3.05) is 26.7 Å². The minimum absolute atomic E-state index is 0.103. The van der Waals surface area contributed by atoms with Gasteiger partial charge in [-0.1, -0.05) is 11.6 Å². The van der Waals surface area contributed by atoms with Gasteiger partial charge in [0, 0.05) is 36.6 Å². The van der Waals surface area contributed by atoms with Crippen LogP contribution in [-0.4, -0.2) is 60.3 Å². The molecule has 2 aliphatic heterocycles. The van der Waals surface area contributed by atoms with Crippen molar-refractivity contribution in [3.8, 4) is 5.75 Å². The van der Waals surface area contributed by atoms with Gasteiger partial charge in [-0.2, -0.15) is 13.2 Å². The van der Waals surface area contributed by atoms with Crippen molar-refractivity contribution in [1.29, 1.82) is 0 Å². The third kappa shape index (κ3) is 5.02. The Hall–Kier alpha value is -2.16. The lowest BCUT2D eigenvalue weighted by molar-refractivity contribution is -0.171. The van der Waals surface area contributed by atoms with Crippen LogP contribution in [0.5, 0.6) is 5.75 Å². The number of halogens is 4. The lowest BCUT2D eigenvalue weighted by Crippen LogP contribution is -2.47. The van der Waals surface area contributed by atoms with Gasteiger partial charge in [0.05, 0.1) is 19.1 Å². The number of fused-ring (bicyclic) bond motifs is 1. The van der Waals surface area contributed by atoms with E-state index in [9.17, 15) is 22.8 Å². The molecule has 1 aromatic rings. The Bertz CT molecular complexity index is 869. The predicted molar refractivity (Wildman–Crippen MR) is 108 cm³/mol. The average Bonchev–Trinajstić information content (AvgIpc) is 3.02. The van der Waals surface area contributed by atoms with E-state index in [1.54, 1.807) is 32.9 Å². The molecule has 2 amide bonds. The molecule has 2 aliphatic rings. The Balaban J connectivity index is 1.99. The average molecular weight is 463 g/mol. The van der Waals surface area contributed by atoms with Gasteiger partial charge in [-0.3, -0.25) is 9.69 Å². The molecule has 1 fully saturated rings. The number of likely N-dealkylation sites (tertiary alicyclic amines) is 1. The minimum Gasteiger partial charge on any atom is -0.496 e. The van der Waals surface area contributed by atoms with E-state index in [4.69, 9.17) is 21.1 Å². The van der Waals surface area contributed by atoms with Gasteiger partial charge >= 0.3 is 12.3 Å². The molecule has 2 atom stereocenters. The minimum atomic E-state index is -4.46. The molecule has 6 nitrogen and oxygen atoms in total. The molecule has 10 heteroatoms. The highest BCUT2D eigenvalue weighted by Gasteiger charge is 2.48. The molecule has 0 spiro atoms.